The Labute approximate surface area is 169 Å². The van der Waals surface area contributed by atoms with Crippen molar-refractivity contribution in [3.8, 4) is 0 Å². The van der Waals surface area contributed by atoms with Gasteiger partial charge in [0.05, 0.1) is 0 Å². The van der Waals surface area contributed by atoms with Gasteiger partial charge in [-0.1, -0.05) is 62.8 Å². The molecule has 148 valence electrons. The van der Waals surface area contributed by atoms with Gasteiger partial charge in [0.1, 0.15) is 11.6 Å². The normalized spacial score (nSPS) is 19.2. The first-order valence-electron chi connectivity index (χ1n) is 10.8. The smallest absolute Gasteiger partial charge is 0.132 e. The highest BCUT2D eigenvalue weighted by Crippen LogP contribution is 2.42. The zero-order valence-electron chi connectivity index (χ0n) is 17.0. The van der Waals surface area contributed by atoms with Crippen molar-refractivity contribution in [2.24, 2.45) is 0 Å². The molecule has 3 nitrogen and oxygen atoms in total. The molecule has 1 fully saturated rings. The third kappa shape index (κ3) is 5.13. The Bertz CT molecular complexity index is 699. The number of aromatic nitrogens is 3. The van der Waals surface area contributed by atoms with Gasteiger partial charge in [-0.3, -0.25) is 0 Å². The van der Waals surface area contributed by atoms with Crippen LogP contribution in [0.4, 0.5) is 0 Å². The maximum absolute atomic E-state index is 5.94. The molecule has 0 saturated heterocycles. The largest absolute Gasteiger partial charge is 0.315 e. The molecular weight excluding hydrogens is 354 g/mol. The Kier molecular flexibility index (Phi) is 7.34. The van der Waals surface area contributed by atoms with Crippen molar-refractivity contribution in [1.82, 2.24) is 14.8 Å². The molecule has 1 saturated carbocycles. The van der Waals surface area contributed by atoms with Crippen LogP contribution in [0.2, 0.25) is 5.02 Å². The van der Waals surface area contributed by atoms with E-state index in [-0.39, 0.29) is 0 Å². The van der Waals surface area contributed by atoms with Gasteiger partial charge in [0.15, 0.2) is 0 Å². The lowest BCUT2D eigenvalue weighted by molar-refractivity contribution is 0.283. The first-order chi connectivity index (χ1) is 13.1. The molecule has 2 aromatic rings. The highest BCUT2D eigenvalue weighted by atomic mass is 35.5. The van der Waals surface area contributed by atoms with Gasteiger partial charge in [-0.15, -0.1) is 10.2 Å². The standard InChI is InChI=1S/C14H19Cl.C9H15N3/c1-2-14(10-4-3-5-11-14)12-6-8-13(15)9-7-12;1-8-10-11-9-6-4-2-3-5-7-12(8)9/h6-9H,2-5,10-11H2,1H3;2-7H2,1H3. The van der Waals surface area contributed by atoms with E-state index < -0.39 is 0 Å². The lowest BCUT2D eigenvalue weighted by Gasteiger charge is -2.37. The second-order valence-electron chi connectivity index (χ2n) is 8.18. The van der Waals surface area contributed by atoms with Crippen LogP contribution in [0.3, 0.4) is 0 Å². The molecule has 4 rings (SSSR count). The molecule has 0 unspecified atom stereocenters. The molecule has 1 aliphatic carbocycles. The third-order valence-corrected chi connectivity index (χ3v) is 6.74. The molecule has 0 spiro atoms. The topological polar surface area (TPSA) is 30.7 Å². The number of benzene rings is 1. The number of fused-ring (bicyclic) bond motifs is 1. The van der Waals surface area contributed by atoms with E-state index in [1.807, 2.05) is 19.1 Å². The number of rotatable bonds is 2. The first kappa shape index (κ1) is 20.4. The highest BCUT2D eigenvalue weighted by Gasteiger charge is 2.31. The second-order valence-corrected chi connectivity index (χ2v) is 8.62. The molecule has 1 aromatic heterocycles. The zero-order chi connectivity index (χ0) is 19.1. The van der Waals surface area contributed by atoms with Crippen molar-refractivity contribution in [3.63, 3.8) is 0 Å². The minimum absolute atomic E-state index is 0.447. The summed E-state index contributed by atoms with van der Waals surface area (Å²) in [6, 6.07) is 8.50. The van der Waals surface area contributed by atoms with Crippen LogP contribution in [0, 0.1) is 6.92 Å². The van der Waals surface area contributed by atoms with Crippen LogP contribution in [0.5, 0.6) is 0 Å². The minimum atomic E-state index is 0.447. The van der Waals surface area contributed by atoms with Crippen molar-refractivity contribution >= 4 is 11.6 Å². The van der Waals surface area contributed by atoms with Crippen LogP contribution >= 0.6 is 11.6 Å². The molecule has 0 N–H and O–H groups in total. The SMILES string of the molecule is CCC1(c2ccc(Cl)cc2)CCCCC1.Cc1nnc2n1CCCCCC2. The third-order valence-electron chi connectivity index (χ3n) is 6.49. The molecule has 2 aliphatic rings. The summed E-state index contributed by atoms with van der Waals surface area (Å²) in [4.78, 5) is 0. The molecule has 4 heteroatoms. The summed E-state index contributed by atoms with van der Waals surface area (Å²) < 4.78 is 2.26. The number of nitrogens with zero attached hydrogens (tertiary/aromatic N) is 3. The fourth-order valence-electron chi connectivity index (χ4n) is 4.69. The van der Waals surface area contributed by atoms with Gasteiger partial charge in [-0.2, -0.15) is 0 Å². The lowest BCUT2D eigenvalue weighted by Crippen LogP contribution is -2.27. The maximum atomic E-state index is 5.94. The van der Waals surface area contributed by atoms with Crippen LogP contribution in [0.25, 0.3) is 0 Å². The Morgan fingerprint density at radius 1 is 0.926 bits per heavy atom. The molecule has 0 radical (unpaired) electrons. The van der Waals surface area contributed by atoms with Gasteiger partial charge in [0, 0.05) is 18.0 Å². The summed E-state index contributed by atoms with van der Waals surface area (Å²) in [5, 5.41) is 9.11. The first-order valence-corrected chi connectivity index (χ1v) is 11.2. The number of hydrogen-bond donors (Lipinski definition) is 0. The lowest BCUT2D eigenvalue weighted by atomic mass is 9.68. The van der Waals surface area contributed by atoms with E-state index in [0.29, 0.717) is 5.41 Å². The molecular formula is C23H34ClN3. The molecule has 1 aromatic carbocycles. The van der Waals surface area contributed by atoms with E-state index in [4.69, 9.17) is 11.6 Å². The number of hydrogen-bond acceptors (Lipinski definition) is 2. The van der Waals surface area contributed by atoms with Crippen LogP contribution in [0.15, 0.2) is 24.3 Å². The molecule has 0 bridgehead atoms. The predicted octanol–water partition coefficient (Wildman–Crippen LogP) is 6.65. The highest BCUT2D eigenvalue weighted by molar-refractivity contribution is 6.30. The van der Waals surface area contributed by atoms with Crippen LogP contribution < -0.4 is 0 Å². The summed E-state index contributed by atoms with van der Waals surface area (Å²) in [7, 11) is 0. The van der Waals surface area contributed by atoms with Crippen molar-refractivity contribution < 1.29 is 0 Å². The summed E-state index contributed by atoms with van der Waals surface area (Å²) in [6.07, 6.45) is 14.5. The Balaban J connectivity index is 0.000000159. The van der Waals surface area contributed by atoms with Crippen molar-refractivity contribution in [2.45, 2.75) is 96.4 Å². The van der Waals surface area contributed by atoms with Gasteiger partial charge >= 0.3 is 0 Å². The molecule has 2 heterocycles. The van der Waals surface area contributed by atoms with Crippen molar-refractivity contribution in [1.29, 1.82) is 0 Å². The van der Waals surface area contributed by atoms with E-state index in [0.717, 1.165) is 23.8 Å². The summed E-state index contributed by atoms with van der Waals surface area (Å²) in [5.74, 6) is 2.26. The summed E-state index contributed by atoms with van der Waals surface area (Å²) in [5.41, 5.74) is 1.94. The van der Waals surface area contributed by atoms with Crippen LogP contribution in [0.1, 0.15) is 88.3 Å². The van der Waals surface area contributed by atoms with E-state index in [2.05, 4.69) is 33.8 Å². The predicted molar refractivity (Wildman–Crippen MR) is 113 cm³/mol. The number of aryl methyl sites for hydroxylation is 2. The average Bonchev–Trinajstić information content (AvgIpc) is 3.01. The van der Waals surface area contributed by atoms with Gasteiger partial charge in [0.2, 0.25) is 0 Å². The number of halogens is 1. The van der Waals surface area contributed by atoms with E-state index in [1.54, 1.807) is 0 Å². The van der Waals surface area contributed by atoms with E-state index in [9.17, 15) is 0 Å². The van der Waals surface area contributed by atoms with Gasteiger partial charge in [0.25, 0.3) is 0 Å². The van der Waals surface area contributed by atoms with Gasteiger partial charge < -0.3 is 4.57 Å². The van der Waals surface area contributed by atoms with Gasteiger partial charge in [-0.05, 0) is 62.1 Å². The zero-order valence-corrected chi connectivity index (χ0v) is 17.8. The molecule has 0 amide bonds. The van der Waals surface area contributed by atoms with Crippen molar-refractivity contribution in [3.05, 3.63) is 46.5 Å². The Hall–Kier alpha value is -1.35. The maximum Gasteiger partial charge on any atom is 0.132 e. The minimum Gasteiger partial charge on any atom is -0.315 e. The summed E-state index contributed by atoms with van der Waals surface area (Å²) >= 11 is 5.94. The molecule has 1 aliphatic heterocycles. The molecule has 27 heavy (non-hydrogen) atoms. The summed E-state index contributed by atoms with van der Waals surface area (Å²) in [6.45, 7) is 5.48. The fourth-order valence-corrected chi connectivity index (χ4v) is 4.81. The Morgan fingerprint density at radius 2 is 1.59 bits per heavy atom. The monoisotopic (exact) mass is 387 g/mol. The van der Waals surface area contributed by atoms with Crippen LogP contribution in [-0.2, 0) is 18.4 Å². The van der Waals surface area contributed by atoms with E-state index >= 15 is 0 Å². The average molecular weight is 388 g/mol. The van der Waals surface area contributed by atoms with Crippen molar-refractivity contribution in [2.75, 3.05) is 0 Å². The van der Waals surface area contributed by atoms with Crippen LogP contribution in [-0.4, -0.2) is 14.8 Å². The second kappa shape index (κ2) is 9.73. The molecule has 0 atom stereocenters. The van der Waals surface area contributed by atoms with E-state index in [1.165, 1.54) is 75.6 Å². The Morgan fingerprint density at radius 3 is 2.30 bits per heavy atom. The van der Waals surface area contributed by atoms with Gasteiger partial charge in [-0.25, -0.2) is 0 Å². The fraction of sp³-hybridized carbons (Fsp3) is 0.652. The quantitative estimate of drug-likeness (QED) is 0.577.